The molecule has 0 radical (unpaired) electrons. The zero-order valence-corrected chi connectivity index (χ0v) is 12.0. The topological polar surface area (TPSA) is 26.0 Å². The fourth-order valence-electron chi connectivity index (χ4n) is 2.65. The van der Waals surface area contributed by atoms with Gasteiger partial charge in [-0.25, -0.2) is 0 Å². The molecule has 3 heteroatoms. The molecule has 1 aliphatic rings. The van der Waals surface area contributed by atoms with E-state index in [4.69, 9.17) is 5.73 Å². The summed E-state index contributed by atoms with van der Waals surface area (Å²) in [6.45, 7) is 0. The second kappa shape index (κ2) is 6.18. The van der Waals surface area contributed by atoms with Crippen molar-refractivity contribution in [1.29, 1.82) is 0 Å². The molecule has 90 valence electrons. The number of nitrogens with two attached hydrogens (primary N) is 1. The van der Waals surface area contributed by atoms with Gasteiger partial charge in [0.15, 0.2) is 0 Å². The predicted molar refractivity (Wildman–Crippen MR) is 74.9 cm³/mol. The maximum Gasteiger partial charge on any atom is 0.0285 e. The van der Waals surface area contributed by atoms with Crippen LogP contribution in [-0.2, 0) is 6.42 Å². The van der Waals surface area contributed by atoms with Crippen molar-refractivity contribution in [2.24, 2.45) is 11.7 Å². The van der Waals surface area contributed by atoms with E-state index in [1.165, 1.54) is 47.9 Å². The first-order valence-corrected chi connectivity index (χ1v) is 7.90. The summed E-state index contributed by atoms with van der Waals surface area (Å²) in [6.07, 6.45) is 9.35. The molecular weight excluding hydrogens is 282 g/mol. The van der Waals surface area contributed by atoms with Gasteiger partial charge in [-0.05, 0) is 40.8 Å². The van der Waals surface area contributed by atoms with Crippen molar-refractivity contribution in [2.75, 3.05) is 0 Å². The molecule has 0 saturated heterocycles. The standard InChI is InChI=1S/C13H20BrNS/c14-11-7-13(16-9-11)8-12(15)6-10-4-2-1-3-5-10/h7,9-10,12H,1-6,8,15H2. The summed E-state index contributed by atoms with van der Waals surface area (Å²) >= 11 is 5.30. The molecule has 0 amide bonds. The van der Waals surface area contributed by atoms with E-state index in [-0.39, 0.29) is 0 Å². The van der Waals surface area contributed by atoms with Crippen LogP contribution >= 0.6 is 27.3 Å². The van der Waals surface area contributed by atoms with Crippen LogP contribution in [0.3, 0.4) is 0 Å². The van der Waals surface area contributed by atoms with Gasteiger partial charge < -0.3 is 5.73 Å². The Kier molecular flexibility index (Phi) is 4.86. The van der Waals surface area contributed by atoms with Gasteiger partial charge in [-0.2, -0.15) is 0 Å². The summed E-state index contributed by atoms with van der Waals surface area (Å²) in [7, 11) is 0. The number of hydrogen-bond donors (Lipinski definition) is 1. The lowest BCUT2D eigenvalue weighted by Gasteiger charge is -2.24. The van der Waals surface area contributed by atoms with Crippen LogP contribution in [0.15, 0.2) is 15.9 Å². The Morgan fingerprint density at radius 2 is 2.12 bits per heavy atom. The molecule has 1 aromatic heterocycles. The van der Waals surface area contributed by atoms with E-state index in [1.807, 2.05) is 11.3 Å². The number of halogens is 1. The van der Waals surface area contributed by atoms with Gasteiger partial charge in [0.1, 0.15) is 0 Å². The zero-order chi connectivity index (χ0) is 11.4. The van der Waals surface area contributed by atoms with E-state index < -0.39 is 0 Å². The van der Waals surface area contributed by atoms with Crippen molar-refractivity contribution in [2.45, 2.75) is 51.0 Å². The molecule has 0 spiro atoms. The van der Waals surface area contributed by atoms with Crippen molar-refractivity contribution in [3.05, 3.63) is 20.8 Å². The predicted octanol–water partition coefficient (Wildman–Crippen LogP) is 4.35. The molecular formula is C13H20BrNS. The fourth-order valence-corrected chi connectivity index (χ4v) is 4.20. The zero-order valence-electron chi connectivity index (χ0n) is 9.62. The van der Waals surface area contributed by atoms with Crippen LogP contribution in [0.25, 0.3) is 0 Å². The number of hydrogen-bond acceptors (Lipinski definition) is 2. The Bertz CT molecular complexity index is 317. The second-order valence-electron chi connectivity index (χ2n) is 4.94. The number of rotatable bonds is 4. The lowest BCUT2D eigenvalue weighted by Crippen LogP contribution is -2.26. The van der Waals surface area contributed by atoms with Crippen molar-refractivity contribution in [3.63, 3.8) is 0 Å². The van der Waals surface area contributed by atoms with Crippen molar-refractivity contribution >= 4 is 27.3 Å². The van der Waals surface area contributed by atoms with E-state index in [9.17, 15) is 0 Å². The molecule has 0 aromatic carbocycles. The molecule has 1 aliphatic carbocycles. The average Bonchev–Trinajstić information content (AvgIpc) is 2.65. The first kappa shape index (κ1) is 12.6. The van der Waals surface area contributed by atoms with E-state index in [1.54, 1.807) is 0 Å². The number of thiophene rings is 1. The maximum absolute atomic E-state index is 6.24. The van der Waals surface area contributed by atoms with Crippen LogP contribution in [0, 0.1) is 5.92 Å². The first-order chi connectivity index (χ1) is 7.74. The molecule has 1 nitrogen and oxygen atoms in total. The van der Waals surface area contributed by atoms with E-state index >= 15 is 0 Å². The van der Waals surface area contributed by atoms with Crippen LogP contribution in [0.2, 0.25) is 0 Å². The Morgan fingerprint density at radius 3 is 2.75 bits per heavy atom. The van der Waals surface area contributed by atoms with Crippen molar-refractivity contribution < 1.29 is 0 Å². The van der Waals surface area contributed by atoms with Crippen LogP contribution in [0.1, 0.15) is 43.4 Å². The van der Waals surface area contributed by atoms with E-state index in [0.717, 1.165) is 12.3 Å². The molecule has 1 aromatic rings. The summed E-state index contributed by atoms with van der Waals surface area (Å²) < 4.78 is 1.19. The van der Waals surface area contributed by atoms with Gasteiger partial charge in [0.05, 0.1) is 0 Å². The normalized spacial score (nSPS) is 19.9. The SMILES string of the molecule is NC(Cc1cc(Br)cs1)CC1CCCCC1. The average molecular weight is 302 g/mol. The molecule has 0 aliphatic heterocycles. The molecule has 1 unspecified atom stereocenters. The van der Waals surface area contributed by atoms with Crippen LogP contribution in [-0.4, -0.2) is 6.04 Å². The highest BCUT2D eigenvalue weighted by molar-refractivity contribution is 9.10. The van der Waals surface area contributed by atoms with Crippen molar-refractivity contribution in [3.8, 4) is 0 Å². The quantitative estimate of drug-likeness (QED) is 0.879. The van der Waals surface area contributed by atoms with Gasteiger partial charge in [-0.1, -0.05) is 32.1 Å². The van der Waals surface area contributed by atoms with E-state index in [2.05, 4.69) is 27.4 Å². The Morgan fingerprint density at radius 1 is 1.38 bits per heavy atom. The Hall–Kier alpha value is 0.140. The smallest absolute Gasteiger partial charge is 0.0285 e. The van der Waals surface area contributed by atoms with E-state index in [0.29, 0.717) is 6.04 Å². The molecule has 2 rings (SSSR count). The summed E-state index contributed by atoms with van der Waals surface area (Å²) in [5, 5.41) is 2.14. The molecule has 1 heterocycles. The minimum atomic E-state index is 0.355. The summed E-state index contributed by atoms with van der Waals surface area (Å²) in [5.74, 6) is 0.896. The largest absolute Gasteiger partial charge is 0.327 e. The van der Waals surface area contributed by atoms with Gasteiger partial charge in [-0.15, -0.1) is 11.3 Å². The summed E-state index contributed by atoms with van der Waals surface area (Å²) in [4.78, 5) is 1.41. The minimum Gasteiger partial charge on any atom is -0.327 e. The molecule has 2 N–H and O–H groups in total. The third-order valence-electron chi connectivity index (χ3n) is 3.45. The first-order valence-electron chi connectivity index (χ1n) is 6.22. The van der Waals surface area contributed by atoms with Gasteiger partial charge in [-0.3, -0.25) is 0 Å². The third-order valence-corrected chi connectivity index (χ3v) is 5.17. The highest BCUT2D eigenvalue weighted by atomic mass is 79.9. The molecule has 1 saturated carbocycles. The molecule has 1 fully saturated rings. The van der Waals surface area contributed by atoms with Gasteiger partial charge >= 0.3 is 0 Å². The highest BCUT2D eigenvalue weighted by Gasteiger charge is 2.17. The lowest BCUT2D eigenvalue weighted by atomic mass is 9.84. The summed E-state index contributed by atoms with van der Waals surface area (Å²) in [5.41, 5.74) is 6.24. The molecule has 1 atom stereocenters. The van der Waals surface area contributed by atoms with Crippen LogP contribution < -0.4 is 5.73 Å². The van der Waals surface area contributed by atoms with Crippen molar-refractivity contribution in [1.82, 2.24) is 0 Å². The van der Waals surface area contributed by atoms with Gasteiger partial charge in [0, 0.05) is 20.8 Å². The second-order valence-corrected chi connectivity index (χ2v) is 6.85. The Balaban J connectivity index is 1.77. The Labute approximate surface area is 111 Å². The van der Waals surface area contributed by atoms with Gasteiger partial charge in [0.2, 0.25) is 0 Å². The van der Waals surface area contributed by atoms with Gasteiger partial charge in [0.25, 0.3) is 0 Å². The fraction of sp³-hybridized carbons (Fsp3) is 0.692. The monoisotopic (exact) mass is 301 g/mol. The van der Waals surface area contributed by atoms with Crippen LogP contribution in [0.4, 0.5) is 0 Å². The summed E-state index contributed by atoms with van der Waals surface area (Å²) in [6, 6.07) is 2.56. The minimum absolute atomic E-state index is 0.355. The van der Waals surface area contributed by atoms with Crippen LogP contribution in [0.5, 0.6) is 0 Å². The highest BCUT2D eigenvalue weighted by Crippen LogP contribution is 2.28. The molecule has 16 heavy (non-hydrogen) atoms. The third kappa shape index (κ3) is 3.86. The molecule has 0 bridgehead atoms. The lowest BCUT2D eigenvalue weighted by molar-refractivity contribution is 0.317. The maximum atomic E-state index is 6.24.